The van der Waals surface area contributed by atoms with Crippen LogP contribution in [0, 0.1) is 11.8 Å². The number of hydrogen-bond donors (Lipinski definition) is 0. The van der Waals surface area contributed by atoms with Crippen molar-refractivity contribution in [3.8, 4) is 0 Å². The molecule has 17 heavy (non-hydrogen) atoms. The van der Waals surface area contributed by atoms with Gasteiger partial charge in [0.15, 0.2) is 8.32 Å². The van der Waals surface area contributed by atoms with E-state index in [0.717, 1.165) is 0 Å². The largest absolute Gasteiger partial charge is 0.403 e. The maximum Gasteiger partial charge on any atom is 0.185 e. The summed E-state index contributed by atoms with van der Waals surface area (Å²) in [6, 6.07) is 0. The van der Waals surface area contributed by atoms with Crippen LogP contribution in [-0.2, 0) is 4.43 Å². The van der Waals surface area contributed by atoms with Gasteiger partial charge in [0.1, 0.15) is 4.93 Å². The fourth-order valence-corrected chi connectivity index (χ4v) is 6.41. The highest BCUT2D eigenvalue weighted by Crippen LogP contribution is 2.50. The smallest absolute Gasteiger partial charge is 0.185 e. The zero-order chi connectivity index (χ0) is 13.3. The molecule has 1 rings (SSSR count). The van der Waals surface area contributed by atoms with Crippen molar-refractivity contribution in [3.05, 3.63) is 11.6 Å². The molecule has 0 radical (unpaired) electrons. The lowest BCUT2D eigenvalue weighted by Crippen LogP contribution is -2.51. The second-order valence-corrected chi connectivity index (χ2v) is 11.8. The van der Waals surface area contributed by atoms with E-state index in [2.05, 4.69) is 52.7 Å². The van der Waals surface area contributed by atoms with Crippen LogP contribution in [0.15, 0.2) is 11.6 Å². The van der Waals surface area contributed by atoms with E-state index in [0.29, 0.717) is 11.8 Å². The molecule has 0 heterocycles. The normalized spacial score (nSPS) is 34.9. The Balaban J connectivity index is 2.98. The third-order valence-electron chi connectivity index (χ3n) is 3.70. The molecule has 1 aliphatic rings. The van der Waals surface area contributed by atoms with E-state index in [1.54, 1.807) is 5.57 Å². The van der Waals surface area contributed by atoms with Crippen LogP contribution in [-0.4, -0.2) is 19.5 Å². The summed E-state index contributed by atoms with van der Waals surface area (Å²) in [6.45, 7) is 13.8. The Morgan fingerprint density at radius 2 is 1.71 bits per heavy atom. The van der Waals surface area contributed by atoms with Crippen molar-refractivity contribution in [1.82, 2.24) is 0 Å². The van der Waals surface area contributed by atoms with E-state index in [9.17, 15) is 0 Å². The molecule has 0 amide bonds. The van der Waals surface area contributed by atoms with Gasteiger partial charge in [-0.1, -0.05) is 25.5 Å². The number of thioether (sulfide) groups is 1. The van der Waals surface area contributed by atoms with E-state index >= 15 is 0 Å². The van der Waals surface area contributed by atoms with Gasteiger partial charge in [-0.25, -0.2) is 0 Å². The summed E-state index contributed by atoms with van der Waals surface area (Å²) in [5.41, 5.74) is 1.61. The Kier molecular flexibility index (Phi) is 4.95. The topological polar surface area (TPSA) is 9.23 Å². The summed E-state index contributed by atoms with van der Waals surface area (Å²) in [4.78, 5) is 0.0387. The number of allylic oxidation sites excluding steroid dienone is 2. The summed E-state index contributed by atoms with van der Waals surface area (Å²) >= 11 is 1.93. The van der Waals surface area contributed by atoms with Crippen molar-refractivity contribution in [2.75, 3.05) is 6.26 Å². The second kappa shape index (κ2) is 5.50. The molecule has 0 bridgehead atoms. The Morgan fingerprint density at radius 1 is 1.24 bits per heavy atom. The summed E-state index contributed by atoms with van der Waals surface area (Å²) in [7, 11) is -1.49. The molecular formula is C14H28OSSi. The summed E-state index contributed by atoms with van der Waals surface area (Å²) in [6.07, 6.45) is 6.91. The third kappa shape index (κ3) is 3.39. The first kappa shape index (κ1) is 15.3. The lowest BCUT2D eigenvalue weighted by Gasteiger charge is -2.50. The van der Waals surface area contributed by atoms with Gasteiger partial charge in [-0.15, -0.1) is 11.8 Å². The lowest BCUT2D eigenvalue weighted by atomic mass is 9.77. The first-order valence-corrected chi connectivity index (χ1v) is 11.3. The molecule has 0 saturated heterocycles. The minimum Gasteiger partial charge on any atom is -0.403 e. The van der Waals surface area contributed by atoms with Gasteiger partial charge in [0, 0.05) is 0 Å². The molecule has 0 aromatic carbocycles. The van der Waals surface area contributed by atoms with E-state index in [1.165, 1.54) is 12.8 Å². The van der Waals surface area contributed by atoms with Crippen molar-refractivity contribution in [2.45, 2.75) is 58.2 Å². The predicted octanol–water partition coefficient (Wildman–Crippen LogP) is 4.91. The Morgan fingerprint density at radius 3 is 2.00 bits per heavy atom. The van der Waals surface area contributed by atoms with Crippen LogP contribution in [0.1, 0.15) is 33.6 Å². The Bertz CT molecular complexity index is 279. The van der Waals surface area contributed by atoms with Crippen LogP contribution in [0.4, 0.5) is 0 Å². The summed E-state index contributed by atoms with van der Waals surface area (Å²) in [5.74, 6) is 1.22. The quantitative estimate of drug-likeness (QED) is 0.410. The van der Waals surface area contributed by atoms with Gasteiger partial charge < -0.3 is 4.43 Å². The van der Waals surface area contributed by atoms with Gasteiger partial charge >= 0.3 is 0 Å². The van der Waals surface area contributed by atoms with Crippen LogP contribution in [0.3, 0.4) is 0 Å². The fourth-order valence-electron chi connectivity index (χ4n) is 3.00. The molecule has 0 spiro atoms. The molecule has 3 heteroatoms. The monoisotopic (exact) mass is 272 g/mol. The van der Waals surface area contributed by atoms with Crippen LogP contribution in [0.2, 0.25) is 19.6 Å². The van der Waals surface area contributed by atoms with Gasteiger partial charge in [-0.3, -0.25) is 0 Å². The van der Waals surface area contributed by atoms with Crippen LogP contribution < -0.4 is 0 Å². The molecular weight excluding hydrogens is 244 g/mol. The predicted molar refractivity (Wildman–Crippen MR) is 82.0 cm³/mol. The van der Waals surface area contributed by atoms with E-state index in [4.69, 9.17) is 4.43 Å². The molecule has 0 aromatic heterocycles. The van der Waals surface area contributed by atoms with E-state index < -0.39 is 8.32 Å². The van der Waals surface area contributed by atoms with Crippen molar-refractivity contribution in [1.29, 1.82) is 0 Å². The average molecular weight is 273 g/mol. The zero-order valence-electron chi connectivity index (χ0n) is 12.5. The van der Waals surface area contributed by atoms with Crippen molar-refractivity contribution < 1.29 is 4.43 Å². The highest BCUT2D eigenvalue weighted by Gasteiger charge is 2.47. The maximum absolute atomic E-state index is 6.61. The Labute approximate surface area is 113 Å². The minimum atomic E-state index is -1.49. The molecule has 0 aromatic rings. The first-order valence-electron chi connectivity index (χ1n) is 6.64. The molecule has 2 atom stereocenters. The van der Waals surface area contributed by atoms with Crippen LogP contribution in [0.25, 0.3) is 0 Å². The standard InChI is InChI=1S/C14H28OSSi/c1-8-13-9-11(2)14(16-4,12(3)10-13)15-17(5,6)7/h8,11-12H,9-10H2,1-7H3. The summed E-state index contributed by atoms with van der Waals surface area (Å²) in [5, 5.41) is 0. The average Bonchev–Trinajstić information content (AvgIpc) is 2.21. The molecule has 2 unspecified atom stereocenters. The lowest BCUT2D eigenvalue weighted by molar-refractivity contribution is 0.0317. The van der Waals surface area contributed by atoms with Crippen molar-refractivity contribution >= 4 is 20.1 Å². The molecule has 100 valence electrons. The first-order chi connectivity index (χ1) is 7.75. The molecule has 1 saturated carbocycles. The van der Waals surface area contributed by atoms with Crippen molar-refractivity contribution in [3.63, 3.8) is 0 Å². The van der Waals surface area contributed by atoms with Gasteiger partial charge in [-0.05, 0) is 57.5 Å². The second-order valence-electron chi connectivity index (χ2n) is 6.30. The summed E-state index contributed by atoms with van der Waals surface area (Å²) < 4.78 is 6.61. The third-order valence-corrected chi connectivity index (χ3v) is 6.33. The molecule has 1 nitrogen and oxygen atoms in total. The fraction of sp³-hybridized carbons (Fsp3) is 0.857. The minimum absolute atomic E-state index is 0.0387. The Hall–Kier alpha value is 0.267. The number of hydrogen-bond acceptors (Lipinski definition) is 2. The molecule has 1 aliphatic carbocycles. The SMILES string of the molecule is CC=C1CC(C)C(O[Si](C)(C)C)(SC)C(C)C1. The van der Waals surface area contributed by atoms with Crippen molar-refractivity contribution in [2.24, 2.45) is 11.8 Å². The van der Waals surface area contributed by atoms with Gasteiger partial charge in [0.05, 0.1) is 0 Å². The van der Waals surface area contributed by atoms with Crippen LogP contribution in [0.5, 0.6) is 0 Å². The molecule has 1 fully saturated rings. The number of rotatable bonds is 3. The highest BCUT2D eigenvalue weighted by molar-refractivity contribution is 7.99. The van der Waals surface area contributed by atoms with Gasteiger partial charge in [0.2, 0.25) is 0 Å². The van der Waals surface area contributed by atoms with Gasteiger partial charge in [-0.2, -0.15) is 0 Å². The van der Waals surface area contributed by atoms with E-state index in [-0.39, 0.29) is 4.93 Å². The van der Waals surface area contributed by atoms with E-state index in [1.807, 2.05) is 11.8 Å². The highest BCUT2D eigenvalue weighted by atomic mass is 32.2. The van der Waals surface area contributed by atoms with Crippen LogP contribution >= 0.6 is 11.8 Å². The van der Waals surface area contributed by atoms with Gasteiger partial charge in [0.25, 0.3) is 0 Å². The molecule has 0 N–H and O–H groups in total. The molecule has 0 aliphatic heterocycles. The zero-order valence-corrected chi connectivity index (χ0v) is 14.3. The maximum atomic E-state index is 6.61.